The molecule has 0 fully saturated rings. The van der Waals surface area contributed by atoms with Gasteiger partial charge in [0.15, 0.2) is 0 Å². The van der Waals surface area contributed by atoms with Crippen molar-refractivity contribution < 1.29 is 14.7 Å². The molecule has 1 aromatic carbocycles. The van der Waals surface area contributed by atoms with Crippen molar-refractivity contribution in [3.05, 3.63) is 47.3 Å². The van der Waals surface area contributed by atoms with E-state index in [0.29, 0.717) is 17.7 Å². The summed E-state index contributed by atoms with van der Waals surface area (Å²) in [7, 11) is 1.76. The molecule has 0 unspecified atom stereocenters. The van der Waals surface area contributed by atoms with E-state index in [9.17, 15) is 9.59 Å². The van der Waals surface area contributed by atoms with E-state index >= 15 is 0 Å². The van der Waals surface area contributed by atoms with E-state index < -0.39 is 5.97 Å². The van der Waals surface area contributed by atoms with Gasteiger partial charge in [0.25, 0.3) is 5.91 Å². The first-order valence-electron chi connectivity index (χ1n) is 6.18. The topological polar surface area (TPSA) is 84.2 Å². The first-order valence-corrected chi connectivity index (χ1v) is 6.18. The fourth-order valence-electron chi connectivity index (χ4n) is 1.88. The summed E-state index contributed by atoms with van der Waals surface area (Å²) in [5.74, 6) is -1.25. The molecule has 0 radical (unpaired) electrons. The second-order valence-electron chi connectivity index (χ2n) is 4.35. The Labute approximate surface area is 116 Å². The lowest BCUT2D eigenvalue weighted by Gasteiger charge is -2.05. The molecule has 20 heavy (non-hydrogen) atoms. The maximum Gasteiger partial charge on any atom is 0.335 e. The molecule has 0 atom stereocenters. The molecule has 0 bridgehead atoms. The number of hydrogen-bond acceptors (Lipinski definition) is 3. The molecule has 6 heteroatoms. The van der Waals surface area contributed by atoms with Crippen LogP contribution in [0.15, 0.2) is 30.5 Å². The average molecular weight is 273 g/mol. The Morgan fingerprint density at radius 1 is 1.30 bits per heavy atom. The highest BCUT2D eigenvalue weighted by Crippen LogP contribution is 2.13. The zero-order valence-corrected chi connectivity index (χ0v) is 11.3. The number of aromatic carboxylic acids is 1. The van der Waals surface area contributed by atoms with E-state index in [4.69, 9.17) is 5.11 Å². The molecule has 2 aromatic rings. The van der Waals surface area contributed by atoms with Crippen LogP contribution in [0.3, 0.4) is 0 Å². The Balaban J connectivity index is 2.16. The Hall–Kier alpha value is -2.63. The van der Waals surface area contributed by atoms with Crippen molar-refractivity contribution in [2.75, 3.05) is 5.32 Å². The van der Waals surface area contributed by atoms with Gasteiger partial charge in [-0.25, -0.2) is 4.79 Å². The highest BCUT2D eigenvalue weighted by molar-refractivity contribution is 6.05. The molecule has 0 aliphatic carbocycles. The van der Waals surface area contributed by atoms with Crippen molar-refractivity contribution in [3.8, 4) is 0 Å². The number of nitrogens with zero attached hydrogens (tertiary/aromatic N) is 2. The molecule has 104 valence electrons. The molecule has 0 saturated heterocycles. The minimum absolute atomic E-state index is 0.179. The van der Waals surface area contributed by atoms with E-state index in [1.807, 2.05) is 6.92 Å². The lowest BCUT2D eigenvalue weighted by atomic mass is 10.1. The number of carbonyl (C=O) groups is 2. The standard InChI is InChI=1S/C14H15N3O3/c1-3-12-11(8-17(2)16-12)13(18)15-10-6-4-9(5-7-10)14(19)20/h4-8H,3H2,1-2H3,(H,15,18)(H,19,20). The Morgan fingerprint density at radius 3 is 2.50 bits per heavy atom. The number of aromatic nitrogens is 2. The Morgan fingerprint density at radius 2 is 1.95 bits per heavy atom. The van der Waals surface area contributed by atoms with Crippen molar-refractivity contribution in [1.82, 2.24) is 9.78 Å². The van der Waals surface area contributed by atoms with Gasteiger partial charge >= 0.3 is 5.97 Å². The summed E-state index contributed by atoms with van der Waals surface area (Å²) in [5.41, 5.74) is 1.98. The van der Waals surface area contributed by atoms with Crippen molar-refractivity contribution in [2.45, 2.75) is 13.3 Å². The number of rotatable bonds is 4. The van der Waals surface area contributed by atoms with Gasteiger partial charge in [0, 0.05) is 18.9 Å². The number of anilines is 1. The summed E-state index contributed by atoms with van der Waals surface area (Å²) in [6.07, 6.45) is 2.33. The Bertz CT molecular complexity index is 644. The quantitative estimate of drug-likeness (QED) is 0.891. The van der Waals surface area contributed by atoms with Gasteiger partial charge in [0.05, 0.1) is 16.8 Å². The predicted octanol–water partition coefficient (Wildman–Crippen LogP) is 1.93. The summed E-state index contributed by atoms with van der Waals surface area (Å²) < 4.78 is 1.60. The van der Waals surface area contributed by atoms with Crippen molar-refractivity contribution in [3.63, 3.8) is 0 Å². The van der Waals surface area contributed by atoms with Crippen LogP contribution < -0.4 is 5.32 Å². The van der Waals surface area contributed by atoms with Crippen LogP contribution in [0.2, 0.25) is 0 Å². The van der Waals surface area contributed by atoms with Gasteiger partial charge in [-0.05, 0) is 30.7 Å². The molecule has 2 N–H and O–H groups in total. The normalized spacial score (nSPS) is 10.3. The molecule has 1 aromatic heterocycles. The van der Waals surface area contributed by atoms with Crippen molar-refractivity contribution >= 4 is 17.6 Å². The van der Waals surface area contributed by atoms with Crippen molar-refractivity contribution in [2.24, 2.45) is 7.05 Å². The van der Waals surface area contributed by atoms with Crippen LogP contribution in [0.4, 0.5) is 5.69 Å². The van der Waals surface area contributed by atoms with Crippen LogP contribution in [0.25, 0.3) is 0 Å². The lowest BCUT2D eigenvalue weighted by molar-refractivity contribution is 0.0696. The maximum atomic E-state index is 12.1. The molecular weight excluding hydrogens is 258 g/mol. The number of aryl methyl sites for hydroxylation is 2. The first kappa shape index (κ1) is 13.8. The number of hydrogen-bond donors (Lipinski definition) is 2. The minimum Gasteiger partial charge on any atom is -0.478 e. The van der Waals surface area contributed by atoms with E-state index in [0.717, 1.165) is 5.69 Å². The fraction of sp³-hybridized carbons (Fsp3) is 0.214. The van der Waals surface area contributed by atoms with Gasteiger partial charge in [-0.3, -0.25) is 9.48 Å². The number of carboxylic acid groups (broad SMARTS) is 1. The number of amides is 1. The predicted molar refractivity (Wildman–Crippen MR) is 73.9 cm³/mol. The molecule has 1 amide bonds. The number of carboxylic acids is 1. The molecule has 0 aliphatic rings. The third kappa shape index (κ3) is 2.85. The molecule has 0 aliphatic heterocycles. The number of benzene rings is 1. The van der Waals surface area contributed by atoms with Crippen LogP contribution in [0, 0.1) is 0 Å². The summed E-state index contributed by atoms with van der Waals surface area (Å²) in [6.45, 7) is 1.93. The van der Waals surface area contributed by atoms with Gasteiger partial charge in [0.2, 0.25) is 0 Å². The monoisotopic (exact) mass is 273 g/mol. The Kier molecular flexibility index (Phi) is 3.84. The van der Waals surface area contributed by atoms with Gasteiger partial charge in [-0.2, -0.15) is 5.10 Å². The molecule has 0 saturated carbocycles. The lowest BCUT2D eigenvalue weighted by Crippen LogP contribution is -2.13. The van der Waals surface area contributed by atoms with Crippen LogP contribution in [-0.2, 0) is 13.5 Å². The highest BCUT2D eigenvalue weighted by atomic mass is 16.4. The second kappa shape index (κ2) is 5.56. The summed E-state index contributed by atoms with van der Waals surface area (Å²) in [6, 6.07) is 6.01. The summed E-state index contributed by atoms with van der Waals surface area (Å²) in [4.78, 5) is 22.9. The zero-order valence-electron chi connectivity index (χ0n) is 11.3. The average Bonchev–Trinajstić information content (AvgIpc) is 2.80. The molecular formula is C14H15N3O3. The number of nitrogens with one attached hydrogen (secondary N) is 1. The molecule has 2 rings (SSSR count). The summed E-state index contributed by atoms with van der Waals surface area (Å²) >= 11 is 0. The van der Waals surface area contributed by atoms with Crippen molar-refractivity contribution in [1.29, 1.82) is 0 Å². The van der Waals surface area contributed by atoms with E-state index in [1.165, 1.54) is 12.1 Å². The second-order valence-corrected chi connectivity index (χ2v) is 4.35. The largest absolute Gasteiger partial charge is 0.478 e. The smallest absolute Gasteiger partial charge is 0.335 e. The van der Waals surface area contributed by atoms with E-state index in [-0.39, 0.29) is 11.5 Å². The van der Waals surface area contributed by atoms with Gasteiger partial charge in [-0.1, -0.05) is 6.92 Å². The van der Waals surface area contributed by atoms with Crippen LogP contribution >= 0.6 is 0 Å². The van der Waals surface area contributed by atoms with Gasteiger partial charge in [-0.15, -0.1) is 0 Å². The third-order valence-electron chi connectivity index (χ3n) is 2.87. The summed E-state index contributed by atoms with van der Waals surface area (Å²) in [5, 5.41) is 15.7. The van der Waals surface area contributed by atoms with Gasteiger partial charge in [0.1, 0.15) is 0 Å². The maximum absolute atomic E-state index is 12.1. The van der Waals surface area contributed by atoms with E-state index in [1.54, 1.807) is 30.1 Å². The zero-order chi connectivity index (χ0) is 14.7. The first-order chi connectivity index (χ1) is 9.51. The van der Waals surface area contributed by atoms with Crippen LogP contribution in [0.5, 0.6) is 0 Å². The SMILES string of the molecule is CCc1nn(C)cc1C(=O)Nc1ccc(C(=O)O)cc1. The minimum atomic E-state index is -0.997. The fourth-order valence-corrected chi connectivity index (χ4v) is 1.88. The third-order valence-corrected chi connectivity index (χ3v) is 2.87. The number of carbonyl (C=O) groups excluding carboxylic acids is 1. The molecule has 1 heterocycles. The molecule has 6 nitrogen and oxygen atoms in total. The van der Waals surface area contributed by atoms with E-state index in [2.05, 4.69) is 10.4 Å². The van der Waals surface area contributed by atoms with Gasteiger partial charge < -0.3 is 10.4 Å². The van der Waals surface area contributed by atoms with Crippen LogP contribution in [0.1, 0.15) is 33.3 Å². The highest BCUT2D eigenvalue weighted by Gasteiger charge is 2.14. The van der Waals surface area contributed by atoms with Crippen LogP contribution in [-0.4, -0.2) is 26.8 Å². The molecule has 0 spiro atoms.